The Bertz CT molecular complexity index is 4250. The molecule has 0 amide bonds. The number of hydrogen-bond donors (Lipinski definition) is 2. The Morgan fingerprint density at radius 1 is 0.408 bits per heavy atom. The average molecular weight is 906 g/mol. The summed E-state index contributed by atoms with van der Waals surface area (Å²) >= 11 is 0. The largest absolute Gasteiger partial charge is 0.374 e. The Balaban J connectivity index is 0.865. The molecular formula is C68H47N3. The SMILES string of the molecule is C1=CC2=Cc3c(c4cc5ccccc5cc4n3C3=CC4NC(c5ccc(-c6cc7ccccc7c7ccccc67)cc5)=C(c5ccc(-c6cc7ccccc7c7ccccc67)cc5)NC4C=C3)CC2C=C1. The zero-order valence-corrected chi connectivity index (χ0v) is 39.0. The highest BCUT2D eigenvalue weighted by atomic mass is 15.1. The molecule has 1 aliphatic heterocycles. The minimum atomic E-state index is -0.0175. The van der Waals surface area contributed by atoms with Crippen molar-refractivity contribution in [1.29, 1.82) is 0 Å². The maximum absolute atomic E-state index is 4.16. The predicted molar refractivity (Wildman–Crippen MR) is 301 cm³/mol. The second kappa shape index (κ2) is 15.8. The minimum absolute atomic E-state index is 0.0175. The lowest BCUT2D eigenvalue weighted by Crippen LogP contribution is -2.50. The van der Waals surface area contributed by atoms with E-state index in [1.54, 1.807) is 0 Å². The van der Waals surface area contributed by atoms with Crippen molar-refractivity contribution in [3.05, 3.63) is 265 Å². The van der Waals surface area contributed by atoms with Gasteiger partial charge in [-0.05, 0) is 147 Å². The van der Waals surface area contributed by atoms with E-state index in [1.807, 2.05) is 0 Å². The number of aromatic nitrogens is 1. The van der Waals surface area contributed by atoms with Crippen LogP contribution in [0.4, 0.5) is 0 Å². The van der Waals surface area contributed by atoms with Gasteiger partial charge in [0.05, 0.1) is 34.7 Å². The Kier molecular flexibility index (Phi) is 8.91. The molecule has 3 unspecified atom stereocenters. The fraction of sp³-hybridized carbons (Fsp3) is 0.0588. The van der Waals surface area contributed by atoms with Crippen LogP contribution in [0.5, 0.6) is 0 Å². The zero-order valence-electron chi connectivity index (χ0n) is 39.0. The van der Waals surface area contributed by atoms with Crippen molar-refractivity contribution in [3.63, 3.8) is 0 Å². The topological polar surface area (TPSA) is 29.0 Å². The van der Waals surface area contributed by atoms with Gasteiger partial charge in [-0.1, -0.05) is 200 Å². The van der Waals surface area contributed by atoms with Gasteiger partial charge in [-0.2, -0.15) is 0 Å². The number of allylic oxidation sites excluding steroid dienone is 7. The predicted octanol–water partition coefficient (Wildman–Crippen LogP) is 16.3. The minimum Gasteiger partial charge on any atom is -0.374 e. The molecular weight excluding hydrogens is 859 g/mol. The van der Waals surface area contributed by atoms with E-state index in [1.165, 1.54) is 110 Å². The lowest BCUT2D eigenvalue weighted by atomic mass is 9.83. The summed E-state index contributed by atoms with van der Waals surface area (Å²) in [7, 11) is 0. The van der Waals surface area contributed by atoms with E-state index in [4.69, 9.17) is 0 Å². The van der Waals surface area contributed by atoms with Crippen LogP contribution in [0.2, 0.25) is 0 Å². The molecule has 10 aromatic carbocycles. The van der Waals surface area contributed by atoms with Crippen LogP contribution in [0.25, 0.3) is 110 Å². The second-order valence-corrected chi connectivity index (χ2v) is 19.7. The Morgan fingerprint density at radius 3 is 1.52 bits per heavy atom. The normalized spacial score (nSPS) is 18.1. The van der Waals surface area contributed by atoms with Crippen LogP contribution in [0, 0.1) is 5.92 Å². The molecule has 3 heteroatoms. The van der Waals surface area contributed by atoms with Crippen molar-refractivity contribution in [2.45, 2.75) is 18.5 Å². The number of hydrogen-bond acceptors (Lipinski definition) is 2. The van der Waals surface area contributed by atoms with Gasteiger partial charge in [-0.3, -0.25) is 0 Å². The van der Waals surface area contributed by atoms with Crippen LogP contribution in [0.1, 0.15) is 22.4 Å². The Labute approximate surface area is 412 Å². The van der Waals surface area contributed by atoms with Crippen molar-refractivity contribution in [3.8, 4) is 22.3 Å². The number of fused-ring (bicyclic) bond motifs is 12. The Morgan fingerprint density at radius 2 is 0.915 bits per heavy atom. The van der Waals surface area contributed by atoms with Gasteiger partial charge < -0.3 is 15.2 Å². The van der Waals surface area contributed by atoms with Gasteiger partial charge in [0.2, 0.25) is 0 Å². The van der Waals surface area contributed by atoms with E-state index in [0.29, 0.717) is 5.92 Å². The summed E-state index contributed by atoms with van der Waals surface area (Å²) in [6.45, 7) is 0. The molecule has 3 aliphatic carbocycles. The van der Waals surface area contributed by atoms with E-state index in [-0.39, 0.29) is 12.1 Å². The molecule has 0 bridgehead atoms. The highest BCUT2D eigenvalue weighted by Gasteiger charge is 2.33. The Hall–Kier alpha value is -8.92. The molecule has 4 aliphatic rings. The van der Waals surface area contributed by atoms with Crippen LogP contribution in [0.15, 0.2) is 242 Å². The standard InChI is InChI=1S/C68H47N3/c1-3-15-48-39-65-61(35-46(48)13-1)62-36-47-14-2-4-16-49(47)40-66(62)71(65)52-33-34-63-64(41-52)70-68(45-31-27-43(28-32-45)60-38-51-18-6-8-20-54(51)56-22-10-12-24-58(56)60)67(69-63)44-29-25-42(26-30-44)59-37-50-17-5-7-19-53(50)55-21-9-11-23-57(55)59/h1-35,37-41,47,63-64,69-70H,36H2. The first kappa shape index (κ1) is 40.0. The highest BCUT2D eigenvalue weighted by molar-refractivity contribution is 6.15. The first-order chi connectivity index (χ1) is 35.2. The van der Waals surface area contributed by atoms with E-state index >= 15 is 0 Å². The van der Waals surface area contributed by atoms with E-state index in [9.17, 15) is 0 Å². The molecule has 3 atom stereocenters. The fourth-order valence-corrected chi connectivity index (χ4v) is 12.3. The maximum atomic E-state index is 4.16. The molecule has 71 heavy (non-hydrogen) atoms. The summed E-state index contributed by atoms with van der Waals surface area (Å²) in [5.41, 5.74) is 15.9. The van der Waals surface area contributed by atoms with Crippen LogP contribution >= 0.6 is 0 Å². The summed E-state index contributed by atoms with van der Waals surface area (Å²) in [4.78, 5) is 0. The van der Waals surface area contributed by atoms with Crippen molar-refractivity contribution in [1.82, 2.24) is 15.2 Å². The number of nitrogens with zero attached hydrogens (tertiary/aromatic N) is 1. The van der Waals surface area contributed by atoms with E-state index in [2.05, 4.69) is 258 Å². The summed E-state index contributed by atoms with van der Waals surface area (Å²) in [6.07, 6.45) is 19.6. The third-order valence-corrected chi connectivity index (χ3v) is 15.7. The average Bonchev–Trinajstić information content (AvgIpc) is 3.74. The number of benzene rings is 10. The van der Waals surface area contributed by atoms with Crippen LogP contribution in [0.3, 0.4) is 0 Å². The number of nitrogens with one attached hydrogen (secondary N) is 2. The monoisotopic (exact) mass is 905 g/mol. The van der Waals surface area contributed by atoms with Gasteiger partial charge in [0, 0.05) is 17.0 Å². The highest BCUT2D eigenvalue weighted by Crippen LogP contribution is 2.43. The molecule has 11 aromatic rings. The maximum Gasteiger partial charge on any atom is 0.0706 e. The molecule has 0 saturated heterocycles. The zero-order chi connectivity index (χ0) is 46.6. The molecule has 3 nitrogen and oxygen atoms in total. The molecule has 2 heterocycles. The molecule has 15 rings (SSSR count). The van der Waals surface area contributed by atoms with Crippen molar-refractivity contribution >= 4 is 87.9 Å². The van der Waals surface area contributed by atoms with Crippen LogP contribution in [-0.4, -0.2) is 16.7 Å². The lowest BCUT2D eigenvalue weighted by Gasteiger charge is -2.38. The van der Waals surface area contributed by atoms with Gasteiger partial charge in [0.1, 0.15) is 0 Å². The summed E-state index contributed by atoms with van der Waals surface area (Å²) in [5, 5.41) is 22.3. The first-order valence-corrected chi connectivity index (χ1v) is 25.0. The molecule has 2 N–H and O–H groups in total. The third-order valence-electron chi connectivity index (χ3n) is 15.7. The first-order valence-electron chi connectivity index (χ1n) is 25.0. The second-order valence-electron chi connectivity index (χ2n) is 19.7. The van der Waals surface area contributed by atoms with Gasteiger partial charge in [-0.15, -0.1) is 0 Å². The summed E-state index contributed by atoms with van der Waals surface area (Å²) in [5.74, 6) is 0.390. The van der Waals surface area contributed by atoms with Crippen LogP contribution in [-0.2, 0) is 6.42 Å². The smallest absolute Gasteiger partial charge is 0.0706 e. The molecule has 334 valence electrons. The summed E-state index contributed by atoms with van der Waals surface area (Å²) in [6, 6.07) is 71.8. The quantitative estimate of drug-likeness (QED) is 0.169. The fourth-order valence-electron chi connectivity index (χ4n) is 12.3. The van der Waals surface area contributed by atoms with Crippen LogP contribution < -0.4 is 10.6 Å². The van der Waals surface area contributed by atoms with Crippen molar-refractivity contribution in [2.24, 2.45) is 5.92 Å². The van der Waals surface area contributed by atoms with Gasteiger partial charge in [0.25, 0.3) is 0 Å². The molecule has 0 radical (unpaired) electrons. The van der Waals surface area contributed by atoms with E-state index < -0.39 is 0 Å². The third kappa shape index (κ3) is 6.43. The lowest BCUT2D eigenvalue weighted by molar-refractivity contribution is 0.555. The van der Waals surface area contributed by atoms with Crippen molar-refractivity contribution in [2.75, 3.05) is 0 Å². The van der Waals surface area contributed by atoms with Crippen molar-refractivity contribution < 1.29 is 0 Å². The number of rotatable bonds is 5. The molecule has 0 spiro atoms. The van der Waals surface area contributed by atoms with Gasteiger partial charge >= 0.3 is 0 Å². The van der Waals surface area contributed by atoms with E-state index in [0.717, 1.165) is 28.9 Å². The van der Waals surface area contributed by atoms with Gasteiger partial charge in [-0.25, -0.2) is 0 Å². The molecule has 1 aromatic heterocycles. The molecule has 0 fully saturated rings. The molecule has 0 saturated carbocycles. The van der Waals surface area contributed by atoms with Gasteiger partial charge in [0.15, 0.2) is 0 Å². The summed E-state index contributed by atoms with van der Waals surface area (Å²) < 4.78 is 2.53.